The molecule has 0 saturated heterocycles. The van der Waals surface area contributed by atoms with Crippen LogP contribution in [0.2, 0.25) is 10.0 Å². The summed E-state index contributed by atoms with van der Waals surface area (Å²) >= 11 is 12.8. The monoisotopic (exact) mass is 458 g/mol. The van der Waals surface area contributed by atoms with E-state index in [1.165, 1.54) is 0 Å². The maximum atomic E-state index is 13.6. The molecular formula is C27H20Cl2N2O. The number of aryl methyl sites for hydroxylation is 1. The maximum Gasteiger partial charge on any atom is 0.263 e. The van der Waals surface area contributed by atoms with Crippen LogP contribution in [0.25, 0.3) is 17.3 Å². The van der Waals surface area contributed by atoms with Crippen LogP contribution >= 0.6 is 23.2 Å². The Kier molecular flexibility index (Phi) is 5.16. The number of anilines is 2. The summed E-state index contributed by atoms with van der Waals surface area (Å²) in [4.78, 5) is 15.3. The number of rotatable bonds is 3. The largest absolute Gasteiger partial charge is 0.316 e. The Balaban J connectivity index is 1.65. The van der Waals surface area contributed by atoms with E-state index < -0.39 is 0 Å². The predicted octanol–water partition coefficient (Wildman–Crippen LogP) is 7.62. The molecule has 0 aliphatic carbocycles. The summed E-state index contributed by atoms with van der Waals surface area (Å²) in [5.74, 6) is -0.0389. The molecule has 3 nitrogen and oxygen atoms in total. The number of amides is 1. The summed E-state index contributed by atoms with van der Waals surface area (Å²) in [6, 6.07) is 25.3. The van der Waals surface area contributed by atoms with Crippen molar-refractivity contribution in [2.75, 3.05) is 4.90 Å². The molecule has 4 aromatic rings. The summed E-state index contributed by atoms with van der Waals surface area (Å²) < 4.78 is 2.07. The topological polar surface area (TPSA) is 25.2 Å². The number of carbonyl (C=O) groups is 1. The number of halogens is 2. The van der Waals surface area contributed by atoms with Gasteiger partial charge in [-0.1, -0.05) is 65.7 Å². The van der Waals surface area contributed by atoms with Gasteiger partial charge in [0.15, 0.2) is 0 Å². The lowest BCUT2D eigenvalue weighted by Gasteiger charge is -2.16. The lowest BCUT2D eigenvalue weighted by atomic mass is 10.0. The van der Waals surface area contributed by atoms with Gasteiger partial charge in [-0.2, -0.15) is 0 Å². The molecule has 0 atom stereocenters. The number of hydrogen-bond donors (Lipinski definition) is 0. The Labute approximate surface area is 197 Å². The average molecular weight is 459 g/mol. The normalized spacial score (nSPS) is 14.3. The molecule has 158 valence electrons. The fourth-order valence-electron chi connectivity index (χ4n) is 4.34. The van der Waals surface area contributed by atoms with Gasteiger partial charge in [0.25, 0.3) is 5.91 Å². The van der Waals surface area contributed by atoms with Gasteiger partial charge in [-0.05, 0) is 61.9 Å². The third-order valence-corrected chi connectivity index (χ3v) is 6.63. The van der Waals surface area contributed by atoms with Crippen LogP contribution in [0, 0.1) is 13.8 Å². The highest BCUT2D eigenvalue weighted by Gasteiger charge is 2.33. The van der Waals surface area contributed by atoms with E-state index in [2.05, 4.69) is 10.6 Å². The Morgan fingerprint density at radius 3 is 2.28 bits per heavy atom. The molecule has 1 aromatic heterocycles. The lowest BCUT2D eigenvalue weighted by molar-refractivity contribution is -0.112. The number of para-hydroxylation sites is 2. The summed E-state index contributed by atoms with van der Waals surface area (Å²) in [5.41, 5.74) is 7.12. The van der Waals surface area contributed by atoms with Crippen molar-refractivity contribution in [3.05, 3.63) is 111 Å². The average Bonchev–Trinajstić information content (AvgIpc) is 3.24. The summed E-state index contributed by atoms with van der Waals surface area (Å²) in [7, 11) is 0. The molecule has 1 amide bonds. The van der Waals surface area contributed by atoms with Crippen LogP contribution in [0.3, 0.4) is 0 Å². The minimum atomic E-state index is -0.0389. The van der Waals surface area contributed by atoms with Gasteiger partial charge in [0, 0.05) is 22.6 Å². The smallest absolute Gasteiger partial charge is 0.263 e. The SMILES string of the molecule is Cc1cc(/C=C2/C(=O)N(c3ccccc3)c3ccccc32)c(C)n1-c1cccc(Cl)c1Cl. The number of fused-ring (bicyclic) bond motifs is 1. The zero-order valence-corrected chi connectivity index (χ0v) is 19.2. The van der Waals surface area contributed by atoms with E-state index >= 15 is 0 Å². The Hall–Kier alpha value is -3.27. The standard InChI is InChI=1S/C27H20Cl2N2O/c1-17-15-19(18(2)30(17)25-14-8-12-23(28)26(25)29)16-22-21-11-6-7-13-24(21)31(27(22)32)20-9-4-3-5-10-20/h3-16H,1-2H3/b22-16+. The fourth-order valence-corrected chi connectivity index (χ4v) is 4.72. The molecule has 2 heterocycles. The van der Waals surface area contributed by atoms with Gasteiger partial charge >= 0.3 is 0 Å². The molecule has 0 saturated carbocycles. The first-order valence-electron chi connectivity index (χ1n) is 10.3. The quantitative estimate of drug-likeness (QED) is 0.289. The number of carbonyl (C=O) groups excluding carboxylic acids is 1. The van der Waals surface area contributed by atoms with E-state index in [0.29, 0.717) is 15.6 Å². The minimum absolute atomic E-state index is 0.0389. The highest BCUT2D eigenvalue weighted by molar-refractivity contribution is 6.43. The van der Waals surface area contributed by atoms with Crippen LogP contribution in [0.1, 0.15) is 22.5 Å². The van der Waals surface area contributed by atoms with Gasteiger partial charge in [0.2, 0.25) is 0 Å². The Morgan fingerprint density at radius 1 is 0.812 bits per heavy atom. The second-order valence-corrected chi connectivity index (χ2v) is 8.57. The minimum Gasteiger partial charge on any atom is -0.316 e. The van der Waals surface area contributed by atoms with Gasteiger partial charge in [-0.15, -0.1) is 0 Å². The van der Waals surface area contributed by atoms with E-state index in [4.69, 9.17) is 23.2 Å². The van der Waals surface area contributed by atoms with Crippen LogP contribution in [0.5, 0.6) is 0 Å². The van der Waals surface area contributed by atoms with Crippen molar-refractivity contribution < 1.29 is 4.79 Å². The molecule has 0 unspecified atom stereocenters. The van der Waals surface area contributed by atoms with Crippen LogP contribution in [0.15, 0.2) is 78.9 Å². The molecule has 0 bridgehead atoms. The molecule has 1 aliphatic rings. The van der Waals surface area contributed by atoms with E-state index in [1.807, 2.05) is 86.7 Å². The first-order chi connectivity index (χ1) is 15.5. The molecule has 0 N–H and O–H groups in total. The third-order valence-electron chi connectivity index (χ3n) is 5.83. The van der Waals surface area contributed by atoms with Crippen molar-refractivity contribution in [1.82, 2.24) is 4.57 Å². The summed E-state index contributed by atoms with van der Waals surface area (Å²) in [5, 5.41) is 1.02. The van der Waals surface area contributed by atoms with Crippen LogP contribution < -0.4 is 4.90 Å². The first kappa shape index (κ1) is 20.6. The highest BCUT2D eigenvalue weighted by Crippen LogP contribution is 2.42. The Morgan fingerprint density at radius 2 is 1.50 bits per heavy atom. The van der Waals surface area contributed by atoms with E-state index in [0.717, 1.165) is 39.6 Å². The second-order valence-electron chi connectivity index (χ2n) is 7.79. The van der Waals surface area contributed by atoms with Crippen molar-refractivity contribution in [1.29, 1.82) is 0 Å². The van der Waals surface area contributed by atoms with Crippen molar-refractivity contribution in [2.45, 2.75) is 13.8 Å². The summed E-state index contributed by atoms with van der Waals surface area (Å²) in [6.45, 7) is 4.05. The second kappa shape index (κ2) is 8.01. The number of nitrogens with zero attached hydrogens (tertiary/aromatic N) is 2. The molecule has 32 heavy (non-hydrogen) atoms. The molecule has 5 heteroatoms. The molecule has 1 aliphatic heterocycles. The molecule has 0 fully saturated rings. The van der Waals surface area contributed by atoms with Gasteiger partial charge in [-0.3, -0.25) is 9.69 Å². The van der Waals surface area contributed by atoms with E-state index in [1.54, 1.807) is 11.0 Å². The van der Waals surface area contributed by atoms with E-state index in [-0.39, 0.29) is 5.91 Å². The number of benzene rings is 3. The zero-order valence-electron chi connectivity index (χ0n) is 17.6. The third kappa shape index (κ3) is 3.26. The van der Waals surface area contributed by atoms with E-state index in [9.17, 15) is 4.79 Å². The molecule has 5 rings (SSSR count). The Bertz CT molecular complexity index is 1390. The molecular weight excluding hydrogens is 439 g/mol. The van der Waals surface area contributed by atoms with Gasteiger partial charge in [0.1, 0.15) is 0 Å². The fraction of sp³-hybridized carbons (Fsp3) is 0.0741. The first-order valence-corrected chi connectivity index (χ1v) is 11.1. The van der Waals surface area contributed by atoms with Gasteiger partial charge in [0.05, 0.1) is 27.0 Å². The van der Waals surface area contributed by atoms with Gasteiger partial charge in [-0.25, -0.2) is 0 Å². The van der Waals surface area contributed by atoms with Crippen molar-refractivity contribution in [2.24, 2.45) is 0 Å². The molecule has 0 radical (unpaired) electrons. The van der Waals surface area contributed by atoms with Crippen molar-refractivity contribution >= 4 is 52.1 Å². The van der Waals surface area contributed by atoms with Crippen molar-refractivity contribution in [3.63, 3.8) is 0 Å². The highest BCUT2D eigenvalue weighted by atomic mass is 35.5. The maximum absolute atomic E-state index is 13.6. The molecule has 0 spiro atoms. The molecule has 3 aromatic carbocycles. The van der Waals surface area contributed by atoms with Crippen LogP contribution in [-0.4, -0.2) is 10.5 Å². The number of hydrogen-bond acceptors (Lipinski definition) is 1. The van der Waals surface area contributed by atoms with Crippen molar-refractivity contribution in [3.8, 4) is 5.69 Å². The lowest BCUT2D eigenvalue weighted by Crippen LogP contribution is -2.20. The zero-order chi connectivity index (χ0) is 22.4. The van der Waals surface area contributed by atoms with Crippen LogP contribution in [0.4, 0.5) is 11.4 Å². The van der Waals surface area contributed by atoms with Gasteiger partial charge < -0.3 is 4.57 Å². The number of aromatic nitrogens is 1. The predicted molar refractivity (Wildman–Crippen MR) is 133 cm³/mol. The van der Waals surface area contributed by atoms with Crippen LogP contribution in [-0.2, 0) is 4.79 Å². The summed E-state index contributed by atoms with van der Waals surface area (Å²) in [6.07, 6.45) is 1.97.